The van der Waals surface area contributed by atoms with Crippen LogP contribution in [0.5, 0.6) is 0 Å². The molecule has 0 aromatic carbocycles. The molecule has 74 valence electrons. The Morgan fingerprint density at radius 1 is 1.33 bits per heavy atom. The standard InChI is InChI=1S/C10H24N2/c1-4-8-12(5-2)9-10(3)6-7-11/h10H,4-9,11H2,1-3H3. The zero-order chi connectivity index (χ0) is 9.40. The van der Waals surface area contributed by atoms with Crippen LogP contribution in [-0.2, 0) is 0 Å². The lowest BCUT2D eigenvalue weighted by molar-refractivity contribution is 0.244. The molecule has 0 aliphatic heterocycles. The number of rotatable bonds is 7. The van der Waals surface area contributed by atoms with Gasteiger partial charge in [0.05, 0.1) is 0 Å². The largest absolute Gasteiger partial charge is 0.330 e. The molecule has 0 amide bonds. The molecule has 0 aromatic rings. The van der Waals surface area contributed by atoms with Gasteiger partial charge in [-0.2, -0.15) is 0 Å². The summed E-state index contributed by atoms with van der Waals surface area (Å²) in [4.78, 5) is 2.50. The Balaban J connectivity index is 3.53. The smallest absolute Gasteiger partial charge is 0.000737 e. The molecule has 0 heterocycles. The Hall–Kier alpha value is -0.0800. The van der Waals surface area contributed by atoms with E-state index in [2.05, 4.69) is 25.7 Å². The number of hydrogen-bond acceptors (Lipinski definition) is 2. The van der Waals surface area contributed by atoms with Gasteiger partial charge in [0.25, 0.3) is 0 Å². The fourth-order valence-electron chi connectivity index (χ4n) is 1.51. The zero-order valence-electron chi connectivity index (χ0n) is 8.84. The van der Waals surface area contributed by atoms with Crippen LogP contribution in [0.2, 0.25) is 0 Å². The Labute approximate surface area is 77.1 Å². The first-order valence-corrected chi connectivity index (χ1v) is 5.16. The summed E-state index contributed by atoms with van der Waals surface area (Å²) >= 11 is 0. The highest BCUT2D eigenvalue weighted by Gasteiger charge is 2.06. The zero-order valence-corrected chi connectivity index (χ0v) is 8.84. The van der Waals surface area contributed by atoms with E-state index in [1.165, 1.54) is 26.1 Å². The highest BCUT2D eigenvalue weighted by Crippen LogP contribution is 2.03. The Kier molecular flexibility index (Phi) is 7.51. The summed E-state index contributed by atoms with van der Waals surface area (Å²) < 4.78 is 0. The third-order valence-electron chi connectivity index (χ3n) is 2.22. The van der Waals surface area contributed by atoms with Crippen LogP contribution in [-0.4, -0.2) is 31.1 Å². The second-order valence-electron chi connectivity index (χ2n) is 3.58. The lowest BCUT2D eigenvalue weighted by Gasteiger charge is -2.23. The molecule has 12 heavy (non-hydrogen) atoms. The van der Waals surface area contributed by atoms with Gasteiger partial charge in [0.2, 0.25) is 0 Å². The minimum Gasteiger partial charge on any atom is -0.330 e. The predicted octanol–water partition coefficient (Wildman–Crippen LogP) is 1.70. The van der Waals surface area contributed by atoms with Crippen molar-refractivity contribution in [2.75, 3.05) is 26.2 Å². The SMILES string of the molecule is CCCN(CC)CC(C)CCN. The van der Waals surface area contributed by atoms with Gasteiger partial charge in [-0.05, 0) is 38.4 Å². The third-order valence-corrected chi connectivity index (χ3v) is 2.22. The molecule has 0 aliphatic rings. The monoisotopic (exact) mass is 172 g/mol. The van der Waals surface area contributed by atoms with Gasteiger partial charge < -0.3 is 10.6 Å². The highest BCUT2D eigenvalue weighted by molar-refractivity contribution is 4.61. The molecule has 0 fully saturated rings. The Morgan fingerprint density at radius 3 is 2.42 bits per heavy atom. The van der Waals surface area contributed by atoms with E-state index in [0.717, 1.165) is 18.9 Å². The average molecular weight is 172 g/mol. The van der Waals surface area contributed by atoms with E-state index in [1.54, 1.807) is 0 Å². The van der Waals surface area contributed by atoms with Crippen molar-refractivity contribution < 1.29 is 0 Å². The second kappa shape index (κ2) is 7.56. The molecule has 0 saturated carbocycles. The van der Waals surface area contributed by atoms with Crippen molar-refractivity contribution in [2.45, 2.75) is 33.6 Å². The lowest BCUT2D eigenvalue weighted by atomic mass is 10.1. The maximum atomic E-state index is 5.50. The van der Waals surface area contributed by atoms with E-state index >= 15 is 0 Å². The van der Waals surface area contributed by atoms with Crippen molar-refractivity contribution in [3.63, 3.8) is 0 Å². The van der Waals surface area contributed by atoms with Crippen LogP contribution in [0.1, 0.15) is 33.6 Å². The van der Waals surface area contributed by atoms with Crippen LogP contribution in [0.25, 0.3) is 0 Å². The van der Waals surface area contributed by atoms with E-state index in [0.29, 0.717) is 0 Å². The summed E-state index contributed by atoms with van der Waals surface area (Å²) in [5, 5.41) is 0. The van der Waals surface area contributed by atoms with Crippen LogP contribution in [0.4, 0.5) is 0 Å². The van der Waals surface area contributed by atoms with Crippen LogP contribution in [0.15, 0.2) is 0 Å². The fourth-order valence-corrected chi connectivity index (χ4v) is 1.51. The van der Waals surface area contributed by atoms with Crippen molar-refractivity contribution in [2.24, 2.45) is 11.7 Å². The number of nitrogens with two attached hydrogens (primary N) is 1. The minimum atomic E-state index is 0.751. The highest BCUT2D eigenvalue weighted by atomic mass is 15.1. The molecule has 1 unspecified atom stereocenters. The molecule has 0 aromatic heterocycles. The Bertz CT molecular complexity index is 93.8. The number of hydrogen-bond donors (Lipinski definition) is 1. The second-order valence-corrected chi connectivity index (χ2v) is 3.58. The van der Waals surface area contributed by atoms with E-state index in [-0.39, 0.29) is 0 Å². The first kappa shape index (κ1) is 11.9. The van der Waals surface area contributed by atoms with E-state index in [4.69, 9.17) is 5.73 Å². The molecule has 0 rings (SSSR count). The van der Waals surface area contributed by atoms with Crippen molar-refractivity contribution in [1.82, 2.24) is 4.90 Å². The van der Waals surface area contributed by atoms with Gasteiger partial charge in [0.1, 0.15) is 0 Å². The molecular weight excluding hydrogens is 148 g/mol. The summed E-state index contributed by atoms with van der Waals surface area (Å²) in [6, 6.07) is 0. The van der Waals surface area contributed by atoms with Gasteiger partial charge in [-0.15, -0.1) is 0 Å². The topological polar surface area (TPSA) is 29.3 Å². The molecule has 0 radical (unpaired) electrons. The predicted molar refractivity (Wildman–Crippen MR) is 55.2 cm³/mol. The average Bonchev–Trinajstić information content (AvgIpc) is 2.04. The minimum absolute atomic E-state index is 0.751. The van der Waals surface area contributed by atoms with Gasteiger partial charge in [-0.25, -0.2) is 0 Å². The molecule has 0 spiro atoms. The molecule has 2 nitrogen and oxygen atoms in total. The molecule has 0 bridgehead atoms. The number of nitrogens with zero attached hydrogens (tertiary/aromatic N) is 1. The van der Waals surface area contributed by atoms with E-state index in [9.17, 15) is 0 Å². The first-order chi connectivity index (χ1) is 5.74. The summed E-state index contributed by atoms with van der Waals surface area (Å²) in [7, 11) is 0. The van der Waals surface area contributed by atoms with Gasteiger partial charge in [-0.3, -0.25) is 0 Å². The lowest BCUT2D eigenvalue weighted by Crippen LogP contribution is -2.30. The third kappa shape index (κ3) is 5.56. The molecule has 0 aliphatic carbocycles. The normalized spacial score (nSPS) is 13.8. The van der Waals surface area contributed by atoms with E-state index in [1.807, 2.05) is 0 Å². The molecule has 1 atom stereocenters. The van der Waals surface area contributed by atoms with Gasteiger partial charge in [-0.1, -0.05) is 20.8 Å². The van der Waals surface area contributed by atoms with Crippen LogP contribution in [0.3, 0.4) is 0 Å². The summed E-state index contributed by atoms with van der Waals surface area (Å²) in [6.45, 7) is 11.2. The van der Waals surface area contributed by atoms with E-state index < -0.39 is 0 Å². The summed E-state index contributed by atoms with van der Waals surface area (Å²) in [5.41, 5.74) is 5.50. The summed E-state index contributed by atoms with van der Waals surface area (Å²) in [6.07, 6.45) is 2.41. The maximum absolute atomic E-state index is 5.50. The van der Waals surface area contributed by atoms with Crippen molar-refractivity contribution >= 4 is 0 Å². The molecule has 2 heteroatoms. The first-order valence-electron chi connectivity index (χ1n) is 5.16. The van der Waals surface area contributed by atoms with Crippen LogP contribution >= 0.6 is 0 Å². The van der Waals surface area contributed by atoms with Crippen molar-refractivity contribution in [3.05, 3.63) is 0 Å². The van der Waals surface area contributed by atoms with Crippen molar-refractivity contribution in [1.29, 1.82) is 0 Å². The molecule has 0 saturated heterocycles. The van der Waals surface area contributed by atoms with Gasteiger partial charge in [0, 0.05) is 6.54 Å². The molecule has 2 N–H and O–H groups in total. The van der Waals surface area contributed by atoms with Gasteiger partial charge in [0.15, 0.2) is 0 Å². The Morgan fingerprint density at radius 2 is 2.00 bits per heavy atom. The maximum Gasteiger partial charge on any atom is 0.000737 e. The molecular formula is C10H24N2. The van der Waals surface area contributed by atoms with Crippen molar-refractivity contribution in [3.8, 4) is 0 Å². The summed E-state index contributed by atoms with van der Waals surface area (Å²) in [5.74, 6) is 0.751. The quantitative estimate of drug-likeness (QED) is 0.633. The fraction of sp³-hybridized carbons (Fsp3) is 1.00. The van der Waals surface area contributed by atoms with Gasteiger partial charge >= 0.3 is 0 Å². The van der Waals surface area contributed by atoms with Crippen LogP contribution in [0, 0.1) is 5.92 Å². The van der Waals surface area contributed by atoms with Crippen LogP contribution < -0.4 is 5.73 Å².